The van der Waals surface area contributed by atoms with Crippen molar-refractivity contribution in [2.45, 2.75) is 51.5 Å². The van der Waals surface area contributed by atoms with E-state index in [-0.39, 0.29) is 11.3 Å². The van der Waals surface area contributed by atoms with Crippen molar-refractivity contribution in [3.63, 3.8) is 0 Å². The molecule has 2 N–H and O–H groups in total. The van der Waals surface area contributed by atoms with Gasteiger partial charge >= 0.3 is 5.97 Å². The maximum absolute atomic E-state index is 12.2. The van der Waals surface area contributed by atoms with Gasteiger partial charge in [-0.25, -0.2) is 4.79 Å². The topological polar surface area (TPSA) is 66.4 Å². The van der Waals surface area contributed by atoms with E-state index in [0.29, 0.717) is 6.42 Å². The van der Waals surface area contributed by atoms with Crippen molar-refractivity contribution in [1.29, 1.82) is 0 Å². The molecule has 1 aliphatic rings. The Kier molecular flexibility index (Phi) is 5.99. The number of carbonyl (C=O) groups is 2. The average Bonchev–Trinajstić information content (AvgIpc) is 2.34. The van der Waals surface area contributed by atoms with Crippen LogP contribution in [0, 0.1) is 5.41 Å². The number of aliphatic carboxylic acids is 1. The Balaban J connectivity index is 2.56. The highest BCUT2D eigenvalue weighted by molar-refractivity contribution is 7.98. The lowest BCUT2D eigenvalue weighted by Crippen LogP contribution is -2.48. The molecule has 1 aliphatic carbocycles. The lowest BCUT2D eigenvalue weighted by Gasteiger charge is -2.33. The Bertz CT molecular complexity index is 301. The monoisotopic (exact) mass is 273 g/mol. The van der Waals surface area contributed by atoms with E-state index in [1.165, 1.54) is 6.42 Å². The molecule has 18 heavy (non-hydrogen) atoms. The maximum atomic E-state index is 12.2. The van der Waals surface area contributed by atoms with Crippen LogP contribution in [0.4, 0.5) is 0 Å². The first-order valence-electron chi connectivity index (χ1n) is 6.52. The van der Waals surface area contributed by atoms with Gasteiger partial charge in [-0.3, -0.25) is 4.79 Å². The van der Waals surface area contributed by atoms with Crippen molar-refractivity contribution in [2.24, 2.45) is 5.41 Å². The first-order valence-corrected chi connectivity index (χ1v) is 7.92. The van der Waals surface area contributed by atoms with E-state index in [2.05, 4.69) is 5.32 Å². The van der Waals surface area contributed by atoms with Gasteiger partial charge in [0.05, 0.1) is 0 Å². The summed E-state index contributed by atoms with van der Waals surface area (Å²) in [6, 6.07) is -0.747. The molecule has 1 amide bonds. The van der Waals surface area contributed by atoms with E-state index in [4.69, 9.17) is 5.11 Å². The first-order chi connectivity index (χ1) is 8.49. The van der Waals surface area contributed by atoms with Gasteiger partial charge in [-0.15, -0.1) is 0 Å². The smallest absolute Gasteiger partial charge is 0.326 e. The maximum Gasteiger partial charge on any atom is 0.326 e. The number of thioether (sulfide) groups is 1. The standard InChI is InChI=1S/C13H23NO3S/c1-13(7-4-3-5-8-13)12(17)14-10(11(15)16)6-9-18-2/h10H,3-9H2,1-2H3,(H,14,17)(H,15,16). The second-order valence-corrected chi connectivity index (χ2v) is 6.25. The second-order valence-electron chi connectivity index (χ2n) is 5.27. The molecule has 1 atom stereocenters. The number of carbonyl (C=O) groups excluding carboxylic acids is 1. The molecule has 0 heterocycles. The first kappa shape index (κ1) is 15.3. The summed E-state index contributed by atoms with van der Waals surface area (Å²) >= 11 is 1.59. The largest absolute Gasteiger partial charge is 0.480 e. The molecule has 0 saturated heterocycles. The van der Waals surface area contributed by atoms with Gasteiger partial charge in [0.25, 0.3) is 0 Å². The molecular weight excluding hydrogens is 250 g/mol. The van der Waals surface area contributed by atoms with E-state index in [1.807, 2.05) is 13.2 Å². The lowest BCUT2D eigenvalue weighted by molar-refractivity contribution is -0.144. The van der Waals surface area contributed by atoms with Gasteiger partial charge in [-0.05, 0) is 31.3 Å². The molecule has 0 aliphatic heterocycles. The molecule has 104 valence electrons. The van der Waals surface area contributed by atoms with Crippen LogP contribution >= 0.6 is 11.8 Å². The molecule has 0 bridgehead atoms. The van der Waals surface area contributed by atoms with Gasteiger partial charge in [0.2, 0.25) is 5.91 Å². The summed E-state index contributed by atoms with van der Waals surface area (Å²) in [4.78, 5) is 23.3. The van der Waals surface area contributed by atoms with Crippen LogP contribution in [0.2, 0.25) is 0 Å². The van der Waals surface area contributed by atoms with Gasteiger partial charge in [-0.2, -0.15) is 11.8 Å². The Labute approximate surface area is 113 Å². The number of amides is 1. The van der Waals surface area contributed by atoms with E-state index < -0.39 is 12.0 Å². The second kappa shape index (κ2) is 7.02. The number of nitrogens with one attached hydrogen (secondary N) is 1. The summed E-state index contributed by atoms with van der Waals surface area (Å²) < 4.78 is 0. The third-order valence-corrected chi connectivity index (χ3v) is 4.36. The molecule has 5 heteroatoms. The molecule has 1 unspecified atom stereocenters. The number of hydrogen-bond acceptors (Lipinski definition) is 3. The van der Waals surface area contributed by atoms with Crippen molar-refractivity contribution in [2.75, 3.05) is 12.0 Å². The summed E-state index contributed by atoms with van der Waals surface area (Å²) in [7, 11) is 0. The SMILES string of the molecule is CSCCC(NC(=O)C1(C)CCCCC1)C(=O)O. The fraction of sp³-hybridized carbons (Fsp3) is 0.846. The third kappa shape index (κ3) is 4.19. The molecule has 0 aromatic rings. The minimum absolute atomic E-state index is 0.0873. The fourth-order valence-electron chi connectivity index (χ4n) is 2.38. The number of carboxylic acid groups (broad SMARTS) is 1. The number of hydrogen-bond donors (Lipinski definition) is 2. The zero-order valence-corrected chi connectivity index (χ0v) is 12.0. The van der Waals surface area contributed by atoms with Crippen LogP contribution in [0.5, 0.6) is 0 Å². The van der Waals surface area contributed by atoms with Crippen LogP contribution in [0.25, 0.3) is 0 Å². The summed E-state index contributed by atoms with van der Waals surface area (Å²) in [6.45, 7) is 1.95. The molecule has 4 nitrogen and oxygen atoms in total. The minimum Gasteiger partial charge on any atom is -0.480 e. The van der Waals surface area contributed by atoms with Gasteiger partial charge in [0, 0.05) is 5.41 Å². The Hall–Kier alpha value is -0.710. The average molecular weight is 273 g/mol. The van der Waals surface area contributed by atoms with Gasteiger partial charge in [0.1, 0.15) is 6.04 Å². The quantitative estimate of drug-likeness (QED) is 0.779. The fourth-order valence-corrected chi connectivity index (χ4v) is 2.86. The molecular formula is C13H23NO3S. The predicted molar refractivity (Wildman–Crippen MR) is 73.8 cm³/mol. The van der Waals surface area contributed by atoms with E-state index in [1.54, 1.807) is 11.8 Å². The number of rotatable bonds is 6. The molecule has 0 aromatic heterocycles. The lowest BCUT2D eigenvalue weighted by atomic mass is 9.75. The van der Waals surface area contributed by atoms with Crippen LogP contribution in [-0.4, -0.2) is 35.0 Å². The predicted octanol–water partition coefficient (Wildman–Crippen LogP) is 2.28. The van der Waals surface area contributed by atoms with Gasteiger partial charge in [0.15, 0.2) is 0 Å². The van der Waals surface area contributed by atoms with E-state index in [9.17, 15) is 9.59 Å². The normalized spacial score (nSPS) is 20.1. The van der Waals surface area contributed by atoms with Crippen LogP contribution < -0.4 is 5.32 Å². The van der Waals surface area contributed by atoms with Gasteiger partial charge in [-0.1, -0.05) is 26.2 Å². The molecule has 0 radical (unpaired) electrons. The third-order valence-electron chi connectivity index (χ3n) is 3.72. The summed E-state index contributed by atoms with van der Waals surface area (Å²) in [5.74, 6) is -0.277. The van der Waals surface area contributed by atoms with Crippen molar-refractivity contribution in [3.05, 3.63) is 0 Å². The van der Waals surface area contributed by atoms with Crippen molar-refractivity contribution in [3.8, 4) is 0 Å². The summed E-state index contributed by atoms with van der Waals surface area (Å²) in [5.41, 5.74) is -0.370. The highest BCUT2D eigenvalue weighted by Gasteiger charge is 2.36. The zero-order valence-electron chi connectivity index (χ0n) is 11.2. The molecule has 1 rings (SSSR count). The van der Waals surface area contributed by atoms with E-state index in [0.717, 1.165) is 31.4 Å². The highest BCUT2D eigenvalue weighted by atomic mass is 32.2. The van der Waals surface area contributed by atoms with Crippen LogP contribution in [0.15, 0.2) is 0 Å². The molecule has 0 spiro atoms. The minimum atomic E-state index is -0.934. The molecule has 1 saturated carbocycles. The zero-order chi connectivity index (χ0) is 13.6. The Morgan fingerprint density at radius 2 is 1.94 bits per heavy atom. The van der Waals surface area contributed by atoms with Crippen molar-refractivity contribution in [1.82, 2.24) is 5.32 Å². The summed E-state index contributed by atoms with van der Waals surface area (Å²) in [5, 5.41) is 11.8. The van der Waals surface area contributed by atoms with Crippen molar-refractivity contribution >= 4 is 23.6 Å². The van der Waals surface area contributed by atoms with Crippen LogP contribution in [0.3, 0.4) is 0 Å². The summed E-state index contributed by atoms with van der Waals surface area (Å²) in [6.07, 6.45) is 7.46. The molecule has 1 fully saturated rings. The Morgan fingerprint density at radius 1 is 1.33 bits per heavy atom. The van der Waals surface area contributed by atoms with E-state index >= 15 is 0 Å². The number of carboxylic acids is 1. The van der Waals surface area contributed by atoms with Crippen molar-refractivity contribution < 1.29 is 14.7 Å². The van der Waals surface area contributed by atoms with Crippen LogP contribution in [-0.2, 0) is 9.59 Å². The Morgan fingerprint density at radius 3 is 2.44 bits per heavy atom. The molecule has 0 aromatic carbocycles. The van der Waals surface area contributed by atoms with Gasteiger partial charge < -0.3 is 10.4 Å². The highest BCUT2D eigenvalue weighted by Crippen LogP contribution is 2.35. The van der Waals surface area contributed by atoms with Crippen LogP contribution in [0.1, 0.15) is 45.4 Å².